The molecule has 2 rings (SSSR count). The Balaban J connectivity index is 1.90. The SMILES string of the molecule is Cc1cc(COCc2ccccc2)cc(Br)n1. The van der Waals surface area contributed by atoms with Crippen molar-refractivity contribution in [3.05, 3.63) is 63.9 Å². The molecule has 0 amide bonds. The molecule has 0 saturated carbocycles. The first-order valence-electron chi connectivity index (χ1n) is 5.49. The first-order valence-corrected chi connectivity index (χ1v) is 6.28. The van der Waals surface area contributed by atoms with E-state index in [4.69, 9.17) is 4.74 Å². The molecular formula is C14H14BrNO. The third-order valence-corrected chi connectivity index (χ3v) is 2.77. The van der Waals surface area contributed by atoms with Crippen molar-refractivity contribution in [2.24, 2.45) is 0 Å². The van der Waals surface area contributed by atoms with E-state index in [9.17, 15) is 0 Å². The van der Waals surface area contributed by atoms with E-state index < -0.39 is 0 Å². The summed E-state index contributed by atoms with van der Waals surface area (Å²) in [5.74, 6) is 0. The van der Waals surface area contributed by atoms with Gasteiger partial charge >= 0.3 is 0 Å². The smallest absolute Gasteiger partial charge is 0.106 e. The maximum absolute atomic E-state index is 5.67. The molecule has 2 aromatic rings. The number of nitrogens with zero attached hydrogens (tertiary/aromatic N) is 1. The second-order valence-corrected chi connectivity index (χ2v) is 4.73. The molecular weight excluding hydrogens is 278 g/mol. The van der Waals surface area contributed by atoms with Gasteiger partial charge in [-0.3, -0.25) is 0 Å². The molecule has 1 aromatic heterocycles. The summed E-state index contributed by atoms with van der Waals surface area (Å²) in [7, 11) is 0. The molecule has 2 nitrogen and oxygen atoms in total. The lowest BCUT2D eigenvalue weighted by Crippen LogP contribution is -1.95. The minimum absolute atomic E-state index is 0.608. The second kappa shape index (κ2) is 5.94. The van der Waals surface area contributed by atoms with Crippen LogP contribution in [0, 0.1) is 6.92 Å². The normalized spacial score (nSPS) is 10.5. The highest BCUT2D eigenvalue weighted by molar-refractivity contribution is 9.10. The van der Waals surface area contributed by atoms with Crippen LogP contribution < -0.4 is 0 Å². The highest BCUT2D eigenvalue weighted by Gasteiger charge is 1.99. The van der Waals surface area contributed by atoms with Crippen molar-refractivity contribution in [1.29, 1.82) is 0 Å². The summed E-state index contributed by atoms with van der Waals surface area (Å²) in [5, 5.41) is 0. The van der Waals surface area contributed by atoms with E-state index in [1.807, 2.05) is 37.3 Å². The number of halogens is 1. The van der Waals surface area contributed by atoms with Crippen molar-refractivity contribution >= 4 is 15.9 Å². The third-order valence-electron chi connectivity index (χ3n) is 2.36. The minimum Gasteiger partial charge on any atom is -0.372 e. The van der Waals surface area contributed by atoms with Gasteiger partial charge in [-0.1, -0.05) is 30.3 Å². The number of aromatic nitrogens is 1. The van der Waals surface area contributed by atoms with Gasteiger partial charge in [0.1, 0.15) is 4.60 Å². The Morgan fingerprint density at radius 1 is 1.06 bits per heavy atom. The van der Waals surface area contributed by atoms with Crippen LogP contribution in [0.25, 0.3) is 0 Å². The Hall–Kier alpha value is -1.19. The zero-order valence-electron chi connectivity index (χ0n) is 9.69. The molecule has 0 atom stereocenters. The molecule has 0 aliphatic carbocycles. The van der Waals surface area contributed by atoms with Gasteiger partial charge in [-0.05, 0) is 46.1 Å². The monoisotopic (exact) mass is 291 g/mol. The van der Waals surface area contributed by atoms with Crippen molar-refractivity contribution in [3.8, 4) is 0 Å². The maximum Gasteiger partial charge on any atom is 0.106 e. The highest BCUT2D eigenvalue weighted by atomic mass is 79.9. The molecule has 0 saturated heterocycles. The van der Waals surface area contributed by atoms with E-state index in [2.05, 4.69) is 33.0 Å². The zero-order valence-corrected chi connectivity index (χ0v) is 11.3. The van der Waals surface area contributed by atoms with E-state index in [-0.39, 0.29) is 0 Å². The van der Waals surface area contributed by atoms with Gasteiger partial charge in [0, 0.05) is 5.69 Å². The number of hydrogen-bond donors (Lipinski definition) is 0. The van der Waals surface area contributed by atoms with E-state index in [1.165, 1.54) is 5.56 Å². The Morgan fingerprint density at radius 3 is 2.47 bits per heavy atom. The van der Waals surface area contributed by atoms with Crippen LogP contribution in [-0.4, -0.2) is 4.98 Å². The average Bonchev–Trinajstić information content (AvgIpc) is 2.29. The van der Waals surface area contributed by atoms with Crippen LogP contribution >= 0.6 is 15.9 Å². The number of rotatable bonds is 4. The Labute approximate surface area is 110 Å². The Morgan fingerprint density at radius 2 is 1.76 bits per heavy atom. The van der Waals surface area contributed by atoms with Crippen molar-refractivity contribution < 1.29 is 4.74 Å². The van der Waals surface area contributed by atoms with Gasteiger partial charge in [-0.15, -0.1) is 0 Å². The highest BCUT2D eigenvalue weighted by Crippen LogP contribution is 2.13. The molecule has 3 heteroatoms. The predicted molar refractivity (Wildman–Crippen MR) is 71.6 cm³/mol. The van der Waals surface area contributed by atoms with E-state index in [0.717, 1.165) is 15.9 Å². The summed E-state index contributed by atoms with van der Waals surface area (Å²) >= 11 is 3.38. The molecule has 1 heterocycles. The molecule has 0 fully saturated rings. The summed E-state index contributed by atoms with van der Waals surface area (Å²) in [6.07, 6.45) is 0. The average molecular weight is 292 g/mol. The number of benzene rings is 1. The maximum atomic E-state index is 5.67. The molecule has 0 N–H and O–H groups in total. The number of ether oxygens (including phenoxy) is 1. The molecule has 88 valence electrons. The van der Waals surface area contributed by atoms with Gasteiger partial charge in [0.05, 0.1) is 13.2 Å². The Bertz CT molecular complexity index is 465. The van der Waals surface area contributed by atoms with Crippen LogP contribution in [0.2, 0.25) is 0 Å². The number of pyridine rings is 1. The molecule has 0 spiro atoms. The number of hydrogen-bond acceptors (Lipinski definition) is 2. The fraction of sp³-hybridized carbons (Fsp3) is 0.214. The zero-order chi connectivity index (χ0) is 12.1. The fourth-order valence-corrected chi connectivity index (χ4v) is 2.21. The van der Waals surface area contributed by atoms with Gasteiger partial charge in [-0.2, -0.15) is 0 Å². The van der Waals surface area contributed by atoms with E-state index in [1.54, 1.807) is 0 Å². The molecule has 17 heavy (non-hydrogen) atoms. The molecule has 0 bridgehead atoms. The van der Waals surface area contributed by atoms with Crippen molar-refractivity contribution in [2.75, 3.05) is 0 Å². The van der Waals surface area contributed by atoms with Crippen LogP contribution in [-0.2, 0) is 18.0 Å². The van der Waals surface area contributed by atoms with Gasteiger partial charge in [0.15, 0.2) is 0 Å². The lowest BCUT2D eigenvalue weighted by atomic mass is 10.2. The van der Waals surface area contributed by atoms with Crippen molar-refractivity contribution in [2.45, 2.75) is 20.1 Å². The Kier molecular flexibility index (Phi) is 4.29. The lowest BCUT2D eigenvalue weighted by molar-refractivity contribution is 0.107. The minimum atomic E-state index is 0.608. The standard InChI is InChI=1S/C14H14BrNO/c1-11-7-13(8-14(15)16-11)10-17-9-12-5-3-2-4-6-12/h2-8H,9-10H2,1H3. The van der Waals surface area contributed by atoms with Crippen LogP contribution in [0.5, 0.6) is 0 Å². The van der Waals surface area contributed by atoms with E-state index >= 15 is 0 Å². The molecule has 0 aliphatic heterocycles. The summed E-state index contributed by atoms with van der Waals surface area (Å²) in [6, 6.07) is 14.2. The van der Waals surface area contributed by atoms with Gasteiger partial charge < -0.3 is 4.74 Å². The van der Waals surface area contributed by atoms with Crippen molar-refractivity contribution in [3.63, 3.8) is 0 Å². The lowest BCUT2D eigenvalue weighted by Gasteiger charge is -2.05. The van der Waals surface area contributed by atoms with Crippen LogP contribution in [0.3, 0.4) is 0 Å². The van der Waals surface area contributed by atoms with Gasteiger partial charge in [-0.25, -0.2) is 4.98 Å². The van der Waals surface area contributed by atoms with Gasteiger partial charge in [0.25, 0.3) is 0 Å². The summed E-state index contributed by atoms with van der Waals surface area (Å²) in [6.45, 7) is 3.22. The van der Waals surface area contributed by atoms with Crippen molar-refractivity contribution in [1.82, 2.24) is 4.98 Å². The second-order valence-electron chi connectivity index (χ2n) is 3.92. The van der Waals surface area contributed by atoms with Crippen LogP contribution in [0.1, 0.15) is 16.8 Å². The summed E-state index contributed by atoms with van der Waals surface area (Å²) in [5.41, 5.74) is 3.33. The topological polar surface area (TPSA) is 22.1 Å². The van der Waals surface area contributed by atoms with E-state index in [0.29, 0.717) is 13.2 Å². The van der Waals surface area contributed by atoms with Gasteiger partial charge in [0.2, 0.25) is 0 Å². The molecule has 0 radical (unpaired) electrons. The summed E-state index contributed by atoms with van der Waals surface area (Å²) < 4.78 is 6.52. The summed E-state index contributed by atoms with van der Waals surface area (Å²) in [4.78, 5) is 4.26. The molecule has 1 aromatic carbocycles. The molecule has 0 aliphatic rings. The number of aryl methyl sites for hydroxylation is 1. The first-order chi connectivity index (χ1) is 8.24. The quantitative estimate of drug-likeness (QED) is 0.798. The fourth-order valence-electron chi connectivity index (χ4n) is 1.64. The van der Waals surface area contributed by atoms with Crippen LogP contribution in [0.4, 0.5) is 0 Å². The molecule has 0 unspecified atom stereocenters. The first kappa shape index (κ1) is 12.3. The third kappa shape index (κ3) is 3.95. The van der Waals surface area contributed by atoms with Crippen LogP contribution in [0.15, 0.2) is 47.1 Å². The predicted octanol–water partition coefficient (Wildman–Crippen LogP) is 3.87. The largest absolute Gasteiger partial charge is 0.372 e.